The van der Waals surface area contributed by atoms with Crippen LogP contribution in [0.3, 0.4) is 0 Å². The van der Waals surface area contributed by atoms with Crippen LogP contribution in [0, 0.1) is 0 Å². The molecule has 0 spiro atoms. The van der Waals surface area contributed by atoms with Gasteiger partial charge in [-0.2, -0.15) is 9.97 Å². The highest BCUT2D eigenvalue weighted by Gasteiger charge is 2.26. The van der Waals surface area contributed by atoms with E-state index in [1.807, 2.05) is 19.9 Å². The molecule has 2 aliphatic heterocycles. The molecule has 4 rings (SSSR count). The Morgan fingerprint density at radius 3 is 2.38 bits per heavy atom. The van der Waals surface area contributed by atoms with E-state index in [1.54, 1.807) is 6.07 Å². The van der Waals surface area contributed by atoms with Crippen LogP contribution in [0.1, 0.15) is 13.8 Å². The molecule has 1 N–H and O–H groups in total. The Hall–Kier alpha value is -2.24. The van der Waals surface area contributed by atoms with Gasteiger partial charge in [0.15, 0.2) is 5.65 Å². The van der Waals surface area contributed by atoms with Gasteiger partial charge in [0.05, 0.1) is 37.1 Å². The highest BCUT2D eigenvalue weighted by molar-refractivity contribution is 7.92. The SMILES string of the molecule is CC1CN(c2nc(N3CCOCC3)c3ccc(NS(C)(=O)=O)nc3n2)CC(C)O1. The molecule has 158 valence electrons. The number of ether oxygens (including phenoxy) is 2. The van der Waals surface area contributed by atoms with Crippen molar-refractivity contribution in [2.24, 2.45) is 0 Å². The monoisotopic (exact) mass is 422 g/mol. The fourth-order valence-corrected chi connectivity index (χ4v) is 4.22. The van der Waals surface area contributed by atoms with E-state index in [0.29, 0.717) is 37.9 Å². The van der Waals surface area contributed by atoms with Gasteiger partial charge in [-0.05, 0) is 26.0 Å². The Bertz CT molecular complexity index is 985. The van der Waals surface area contributed by atoms with E-state index in [4.69, 9.17) is 14.5 Å². The number of sulfonamides is 1. The summed E-state index contributed by atoms with van der Waals surface area (Å²) in [5.41, 5.74) is 0.455. The predicted octanol–water partition coefficient (Wildman–Crippen LogP) is 0.847. The average Bonchev–Trinajstić information content (AvgIpc) is 2.65. The summed E-state index contributed by atoms with van der Waals surface area (Å²) in [4.78, 5) is 18.3. The van der Waals surface area contributed by atoms with Gasteiger partial charge in [0, 0.05) is 26.2 Å². The van der Waals surface area contributed by atoms with Gasteiger partial charge in [-0.1, -0.05) is 0 Å². The second-order valence-corrected chi connectivity index (χ2v) is 9.30. The minimum Gasteiger partial charge on any atom is -0.378 e. The number of fused-ring (bicyclic) bond motifs is 1. The molecule has 0 radical (unpaired) electrons. The molecule has 2 aromatic heterocycles. The summed E-state index contributed by atoms with van der Waals surface area (Å²) in [6.45, 7) is 8.13. The highest BCUT2D eigenvalue weighted by atomic mass is 32.2. The lowest BCUT2D eigenvalue weighted by molar-refractivity contribution is -0.00570. The van der Waals surface area contributed by atoms with Crippen LogP contribution in [-0.4, -0.2) is 81.2 Å². The third kappa shape index (κ3) is 4.68. The van der Waals surface area contributed by atoms with Crippen LogP contribution in [0.5, 0.6) is 0 Å². The van der Waals surface area contributed by atoms with Crippen LogP contribution in [0.2, 0.25) is 0 Å². The van der Waals surface area contributed by atoms with Gasteiger partial charge in [0.25, 0.3) is 0 Å². The molecule has 0 aliphatic carbocycles. The first-order valence-corrected chi connectivity index (χ1v) is 11.6. The third-order valence-corrected chi connectivity index (χ3v) is 5.41. The molecular formula is C18H26N6O4S. The molecule has 0 bridgehead atoms. The summed E-state index contributed by atoms with van der Waals surface area (Å²) in [6, 6.07) is 3.45. The average molecular weight is 423 g/mol. The fraction of sp³-hybridized carbons (Fsp3) is 0.611. The van der Waals surface area contributed by atoms with Crippen molar-refractivity contribution in [2.45, 2.75) is 26.1 Å². The quantitative estimate of drug-likeness (QED) is 0.766. The van der Waals surface area contributed by atoms with Crippen molar-refractivity contribution in [3.63, 3.8) is 0 Å². The van der Waals surface area contributed by atoms with Gasteiger partial charge in [-0.15, -0.1) is 0 Å². The summed E-state index contributed by atoms with van der Waals surface area (Å²) in [5.74, 6) is 1.60. The number of hydrogen-bond donors (Lipinski definition) is 1. The van der Waals surface area contributed by atoms with Gasteiger partial charge in [-0.3, -0.25) is 4.72 Å². The number of nitrogens with one attached hydrogen (secondary N) is 1. The molecule has 0 aromatic carbocycles. The maximum atomic E-state index is 11.6. The van der Waals surface area contributed by atoms with Gasteiger partial charge in [0.2, 0.25) is 16.0 Å². The van der Waals surface area contributed by atoms with Crippen LogP contribution in [0.4, 0.5) is 17.6 Å². The summed E-state index contributed by atoms with van der Waals surface area (Å²) in [6.07, 6.45) is 1.23. The number of rotatable bonds is 4. The topological polar surface area (TPSA) is 110 Å². The van der Waals surface area contributed by atoms with E-state index in [1.165, 1.54) is 0 Å². The van der Waals surface area contributed by atoms with E-state index < -0.39 is 10.0 Å². The van der Waals surface area contributed by atoms with Crippen molar-refractivity contribution in [2.75, 3.05) is 60.2 Å². The van der Waals surface area contributed by atoms with E-state index in [-0.39, 0.29) is 18.0 Å². The standard InChI is InChI=1S/C18H26N6O4S/c1-12-10-24(11-13(2)28-12)18-20-16-14(4-5-15(19-16)22-29(3,25)26)17(21-18)23-6-8-27-9-7-23/h4-5,12-13H,6-11H2,1-3H3,(H,19,20,21,22). The maximum absolute atomic E-state index is 11.6. The van der Waals surface area contributed by atoms with E-state index >= 15 is 0 Å². The van der Waals surface area contributed by atoms with Gasteiger partial charge in [0.1, 0.15) is 11.6 Å². The van der Waals surface area contributed by atoms with Crippen LogP contribution in [0.25, 0.3) is 11.0 Å². The number of hydrogen-bond acceptors (Lipinski definition) is 9. The first-order valence-electron chi connectivity index (χ1n) is 9.68. The molecule has 11 heteroatoms. The first-order chi connectivity index (χ1) is 13.8. The summed E-state index contributed by atoms with van der Waals surface area (Å²) >= 11 is 0. The van der Waals surface area contributed by atoms with E-state index in [2.05, 4.69) is 24.5 Å². The van der Waals surface area contributed by atoms with Crippen molar-refractivity contribution in [3.8, 4) is 0 Å². The zero-order valence-corrected chi connectivity index (χ0v) is 17.6. The largest absolute Gasteiger partial charge is 0.378 e. The van der Waals surface area contributed by atoms with E-state index in [0.717, 1.165) is 30.5 Å². The lowest BCUT2D eigenvalue weighted by atomic mass is 10.2. The number of pyridine rings is 1. The molecule has 2 fully saturated rings. The molecule has 4 heterocycles. The van der Waals surface area contributed by atoms with Crippen LogP contribution in [0.15, 0.2) is 12.1 Å². The molecular weight excluding hydrogens is 396 g/mol. The lowest BCUT2D eigenvalue weighted by Crippen LogP contribution is -2.46. The Morgan fingerprint density at radius 2 is 1.72 bits per heavy atom. The van der Waals surface area contributed by atoms with Gasteiger partial charge >= 0.3 is 0 Å². The van der Waals surface area contributed by atoms with Crippen molar-refractivity contribution < 1.29 is 17.9 Å². The van der Waals surface area contributed by atoms with Crippen LogP contribution < -0.4 is 14.5 Å². The second kappa shape index (κ2) is 7.88. The zero-order chi connectivity index (χ0) is 20.6. The number of aromatic nitrogens is 3. The fourth-order valence-electron chi connectivity index (χ4n) is 3.73. The van der Waals surface area contributed by atoms with Gasteiger partial charge in [-0.25, -0.2) is 13.4 Å². The minimum absolute atomic E-state index is 0.0658. The first kappa shape index (κ1) is 20.0. The lowest BCUT2D eigenvalue weighted by Gasteiger charge is -2.36. The Balaban J connectivity index is 1.80. The molecule has 0 saturated carbocycles. The highest BCUT2D eigenvalue weighted by Crippen LogP contribution is 2.29. The normalized spacial score (nSPS) is 23.4. The smallest absolute Gasteiger partial charge is 0.230 e. The molecule has 10 nitrogen and oxygen atoms in total. The van der Waals surface area contributed by atoms with Crippen LogP contribution >= 0.6 is 0 Å². The zero-order valence-electron chi connectivity index (χ0n) is 16.8. The molecule has 2 unspecified atom stereocenters. The third-order valence-electron chi connectivity index (χ3n) is 4.83. The van der Waals surface area contributed by atoms with Crippen molar-refractivity contribution >= 4 is 38.6 Å². The summed E-state index contributed by atoms with van der Waals surface area (Å²) in [7, 11) is -3.43. The number of morpholine rings is 2. The van der Waals surface area contributed by atoms with Gasteiger partial charge < -0.3 is 19.3 Å². The maximum Gasteiger partial charge on any atom is 0.230 e. The Kier molecular flexibility index (Phi) is 5.45. The summed E-state index contributed by atoms with van der Waals surface area (Å²) < 4.78 is 36.9. The second-order valence-electron chi connectivity index (χ2n) is 7.55. The molecule has 29 heavy (non-hydrogen) atoms. The predicted molar refractivity (Wildman–Crippen MR) is 111 cm³/mol. The van der Waals surface area contributed by atoms with Crippen molar-refractivity contribution in [1.29, 1.82) is 0 Å². The molecule has 2 aromatic rings. The minimum atomic E-state index is -3.43. The van der Waals surface area contributed by atoms with Crippen LogP contribution in [-0.2, 0) is 19.5 Å². The molecule has 0 amide bonds. The Labute approximate surface area is 170 Å². The Morgan fingerprint density at radius 1 is 1.03 bits per heavy atom. The molecule has 2 saturated heterocycles. The summed E-state index contributed by atoms with van der Waals surface area (Å²) in [5, 5.41) is 0.782. The van der Waals surface area contributed by atoms with E-state index in [9.17, 15) is 8.42 Å². The molecule has 2 aliphatic rings. The number of anilines is 3. The molecule has 2 atom stereocenters. The van der Waals surface area contributed by atoms with Crippen molar-refractivity contribution in [3.05, 3.63) is 12.1 Å². The van der Waals surface area contributed by atoms with Crippen molar-refractivity contribution in [1.82, 2.24) is 15.0 Å². The number of nitrogens with zero attached hydrogens (tertiary/aromatic N) is 5.